The predicted molar refractivity (Wildman–Crippen MR) is 88.4 cm³/mol. The third-order valence-electron chi connectivity index (χ3n) is 3.53. The van der Waals surface area contributed by atoms with Crippen molar-refractivity contribution in [3.05, 3.63) is 71.5 Å². The Morgan fingerprint density at radius 1 is 0.963 bits per heavy atom. The molecular formula is C19H9F3N4O. The molecule has 0 amide bonds. The SMILES string of the molecule is N#Cc1ccc(Oc2nc(-c3cccc(C(F)(F)F)c3)cnc2C#N)cc1. The number of aromatic nitrogens is 2. The average Bonchev–Trinajstić information content (AvgIpc) is 2.68. The van der Waals surface area contributed by atoms with Crippen LogP contribution in [0.3, 0.4) is 0 Å². The van der Waals surface area contributed by atoms with E-state index in [2.05, 4.69) is 9.97 Å². The lowest BCUT2D eigenvalue weighted by Gasteiger charge is -2.10. The summed E-state index contributed by atoms with van der Waals surface area (Å²) in [4.78, 5) is 8.05. The number of hydrogen-bond acceptors (Lipinski definition) is 5. The van der Waals surface area contributed by atoms with Crippen LogP contribution in [0.1, 0.15) is 16.8 Å². The van der Waals surface area contributed by atoms with E-state index in [9.17, 15) is 13.2 Å². The molecule has 8 heteroatoms. The molecule has 0 spiro atoms. The summed E-state index contributed by atoms with van der Waals surface area (Å²) in [6.45, 7) is 0. The summed E-state index contributed by atoms with van der Waals surface area (Å²) < 4.78 is 44.2. The van der Waals surface area contributed by atoms with E-state index in [1.807, 2.05) is 12.1 Å². The van der Waals surface area contributed by atoms with Gasteiger partial charge in [-0.1, -0.05) is 12.1 Å². The molecule has 1 aromatic heterocycles. The summed E-state index contributed by atoms with van der Waals surface area (Å²) >= 11 is 0. The van der Waals surface area contributed by atoms with Crippen LogP contribution in [0.2, 0.25) is 0 Å². The van der Waals surface area contributed by atoms with Crippen molar-refractivity contribution in [2.24, 2.45) is 0 Å². The van der Waals surface area contributed by atoms with Gasteiger partial charge >= 0.3 is 6.18 Å². The van der Waals surface area contributed by atoms with Gasteiger partial charge in [0, 0.05) is 5.56 Å². The topological polar surface area (TPSA) is 82.6 Å². The fourth-order valence-electron chi connectivity index (χ4n) is 2.22. The number of halogens is 3. The number of nitrogens with zero attached hydrogens (tertiary/aromatic N) is 4. The van der Waals surface area contributed by atoms with Gasteiger partial charge in [0.2, 0.25) is 5.69 Å². The zero-order valence-electron chi connectivity index (χ0n) is 13.5. The van der Waals surface area contributed by atoms with Crippen LogP contribution in [-0.2, 0) is 6.18 Å². The number of ether oxygens (including phenoxy) is 1. The maximum absolute atomic E-state index is 12.9. The predicted octanol–water partition coefficient (Wildman–Crippen LogP) is 4.70. The molecule has 0 fully saturated rings. The fourth-order valence-corrected chi connectivity index (χ4v) is 2.22. The highest BCUT2D eigenvalue weighted by Gasteiger charge is 2.30. The normalized spacial score (nSPS) is 10.7. The summed E-state index contributed by atoms with van der Waals surface area (Å²) in [5, 5.41) is 18.0. The lowest BCUT2D eigenvalue weighted by Crippen LogP contribution is -2.05. The van der Waals surface area contributed by atoms with Gasteiger partial charge in [-0.25, -0.2) is 9.97 Å². The molecule has 2 aromatic carbocycles. The first kappa shape index (κ1) is 17.9. The molecule has 1 heterocycles. The van der Waals surface area contributed by atoms with E-state index in [0.717, 1.165) is 12.1 Å². The molecular weight excluding hydrogens is 357 g/mol. The molecule has 132 valence electrons. The van der Waals surface area contributed by atoms with Crippen molar-refractivity contribution in [3.63, 3.8) is 0 Å². The van der Waals surface area contributed by atoms with Crippen LogP contribution in [0.5, 0.6) is 11.6 Å². The summed E-state index contributed by atoms with van der Waals surface area (Å²) in [7, 11) is 0. The van der Waals surface area contributed by atoms with Crippen molar-refractivity contribution in [3.8, 4) is 35.0 Å². The lowest BCUT2D eigenvalue weighted by molar-refractivity contribution is -0.137. The number of alkyl halides is 3. The Hall–Kier alpha value is -3.91. The first-order valence-electron chi connectivity index (χ1n) is 7.53. The van der Waals surface area contributed by atoms with E-state index < -0.39 is 11.7 Å². The van der Waals surface area contributed by atoms with E-state index in [4.69, 9.17) is 15.3 Å². The van der Waals surface area contributed by atoms with Crippen LogP contribution in [-0.4, -0.2) is 9.97 Å². The van der Waals surface area contributed by atoms with E-state index in [1.54, 1.807) is 0 Å². The van der Waals surface area contributed by atoms with E-state index in [1.165, 1.54) is 42.6 Å². The second kappa shape index (κ2) is 7.14. The largest absolute Gasteiger partial charge is 0.436 e. The molecule has 0 bridgehead atoms. The lowest BCUT2D eigenvalue weighted by atomic mass is 10.1. The van der Waals surface area contributed by atoms with Gasteiger partial charge in [-0.15, -0.1) is 0 Å². The Bertz CT molecular complexity index is 1060. The average molecular weight is 366 g/mol. The fraction of sp³-hybridized carbons (Fsp3) is 0.0526. The first-order chi connectivity index (χ1) is 12.9. The molecule has 0 saturated heterocycles. The molecule has 0 N–H and O–H groups in total. The van der Waals surface area contributed by atoms with Crippen LogP contribution in [0.4, 0.5) is 13.2 Å². The van der Waals surface area contributed by atoms with Crippen molar-refractivity contribution in [2.45, 2.75) is 6.18 Å². The van der Waals surface area contributed by atoms with Crippen LogP contribution >= 0.6 is 0 Å². The van der Waals surface area contributed by atoms with Gasteiger partial charge in [0.25, 0.3) is 5.88 Å². The number of hydrogen-bond donors (Lipinski definition) is 0. The number of benzene rings is 2. The van der Waals surface area contributed by atoms with Crippen molar-refractivity contribution in [1.29, 1.82) is 10.5 Å². The minimum Gasteiger partial charge on any atom is -0.436 e. The standard InChI is InChI=1S/C19H9F3N4O/c20-19(21,22)14-3-1-2-13(8-14)17-11-25-16(10-24)18(26-17)27-15-6-4-12(9-23)5-7-15/h1-8,11H. The highest BCUT2D eigenvalue weighted by molar-refractivity contribution is 5.61. The van der Waals surface area contributed by atoms with Crippen LogP contribution in [0.15, 0.2) is 54.7 Å². The summed E-state index contributed by atoms with van der Waals surface area (Å²) in [6, 6.07) is 14.5. The van der Waals surface area contributed by atoms with Gasteiger partial charge in [0.05, 0.1) is 29.1 Å². The van der Waals surface area contributed by atoms with Gasteiger partial charge in [0.1, 0.15) is 11.8 Å². The third kappa shape index (κ3) is 4.02. The highest BCUT2D eigenvalue weighted by Crippen LogP contribution is 2.32. The third-order valence-corrected chi connectivity index (χ3v) is 3.53. The Morgan fingerprint density at radius 2 is 1.70 bits per heavy atom. The molecule has 0 saturated carbocycles. The van der Waals surface area contributed by atoms with Crippen LogP contribution in [0, 0.1) is 22.7 Å². The van der Waals surface area contributed by atoms with E-state index in [0.29, 0.717) is 11.3 Å². The second-order valence-corrected chi connectivity index (χ2v) is 5.34. The first-order valence-corrected chi connectivity index (χ1v) is 7.53. The smallest absolute Gasteiger partial charge is 0.416 e. The van der Waals surface area contributed by atoms with Gasteiger partial charge in [-0.3, -0.25) is 0 Å². The van der Waals surface area contributed by atoms with E-state index >= 15 is 0 Å². The Kier molecular flexibility index (Phi) is 4.73. The zero-order valence-corrected chi connectivity index (χ0v) is 13.5. The molecule has 0 unspecified atom stereocenters. The van der Waals surface area contributed by atoms with Crippen molar-refractivity contribution >= 4 is 0 Å². The molecule has 27 heavy (non-hydrogen) atoms. The minimum atomic E-state index is -4.49. The highest BCUT2D eigenvalue weighted by atomic mass is 19.4. The number of rotatable bonds is 3. The molecule has 5 nitrogen and oxygen atoms in total. The van der Waals surface area contributed by atoms with Gasteiger partial charge in [0.15, 0.2) is 0 Å². The maximum Gasteiger partial charge on any atom is 0.416 e. The summed E-state index contributed by atoms with van der Waals surface area (Å²) in [6.07, 6.45) is -3.28. The molecule has 0 aliphatic rings. The van der Waals surface area contributed by atoms with Crippen molar-refractivity contribution in [2.75, 3.05) is 0 Å². The molecule has 0 aliphatic carbocycles. The van der Waals surface area contributed by atoms with Crippen molar-refractivity contribution < 1.29 is 17.9 Å². The van der Waals surface area contributed by atoms with Crippen LogP contribution in [0.25, 0.3) is 11.3 Å². The monoisotopic (exact) mass is 366 g/mol. The summed E-state index contributed by atoms with van der Waals surface area (Å²) in [5.74, 6) is 0.165. The van der Waals surface area contributed by atoms with Crippen molar-refractivity contribution in [1.82, 2.24) is 9.97 Å². The second-order valence-electron chi connectivity index (χ2n) is 5.34. The molecule has 3 rings (SSSR count). The Morgan fingerprint density at radius 3 is 2.33 bits per heavy atom. The quantitative estimate of drug-likeness (QED) is 0.671. The molecule has 3 aromatic rings. The number of nitriles is 2. The van der Waals surface area contributed by atoms with Gasteiger partial charge in [-0.05, 0) is 36.4 Å². The van der Waals surface area contributed by atoms with E-state index in [-0.39, 0.29) is 22.8 Å². The molecule has 0 aliphatic heterocycles. The Balaban J connectivity index is 1.99. The van der Waals surface area contributed by atoms with Gasteiger partial charge in [-0.2, -0.15) is 23.7 Å². The summed E-state index contributed by atoms with van der Waals surface area (Å²) in [5.41, 5.74) is -0.197. The maximum atomic E-state index is 12.9. The van der Waals surface area contributed by atoms with Gasteiger partial charge < -0.3 is 4.74 Å². The Labute approximate surface area is 151 Å². The molecule has 0 radical (unpaired) electrons. The minimum absolute atomic E-state index is 0.116. The zero-order chi connectivity index (χ0) is 19.4. The molecule has 0 atom stereocenters. The van der Waals surface area contributed by atoms with Crippen LogP contribution < -0.4 is 4.74 Å².